The summed E-state index contributed by atoms with van der Waals surface area (Å²) in [6.07, 6.45) is 15.9. The van der Waals surface area contributed by atoms with Gasteiger partial charge < -0.3 is 4.74 Å². The Kier molecular flexibility index (Phi) is 12.2. The summed E-state index contributed by atoms with van der Waals surface area (Å²) in [7, 11) is 0. The van der Waals surface area contributed by atoms with Crippen LogP contribution >= 0.6 is 0 Å². The van der Waals surface area contributed by atoms with Crippen LogP contribution in [-0.4, -0.2) is 12.6 Å². The molecule has 0 saturated carbocycles. The highest BCUT2D eigenvalue weighted by Gasteiger charge is 1.95. The number of hydrogen-bond acceptors (Lipinski definition) is 2. The Bertz CT molecular complexity index is 229. The summed E-state index contributed by atoms with van der Waals surface area (Å²) in [5.74, 6) is -0.0978. The molecule has 0 heterocycles. The molecule has 98 valence electrons. The lowest BCUT2D eigenvalue weighted by Crippen LogP contribution is -2.03. The smallest absolute Gasteiger partial charge is 0.305 e. The van der Waals surface area contributed by atoms with Crippen LogP contribution in [0, 0.1) is 0 Å². The van der Waals surface area contributed by atoms with E-state index in [1.54, 1.807) is 0 Å². The van der Waals surface area contributed by atoms with Gasteiger partial charge in [-0.1, -0.05) is 51.0 Å². The van der Waals surface area contributed by atoms with Gasteiger partial charge in [-0.2, -0.15) is 0 Å². The number of allylic oxidation sites excluding steroid dienone is 4. The van der Waals surface area contributed by atoms with Crippen molar-refractivity contribution >= 4 is 5.97 Å². The van der Waals surface area contributed by atoms with Crippen molar-refractivity contribution in [2.24, 2.45) is 0 Å². The van der Waals surface area contributed by atoms with Gasteiger partial charge in [0.15, 0.2) is 0 Å². The SMILES string of the molecule is CCCC/C=C/C=C\CCCCOC(=O)CC. The first-order valence-electron chi connectivity index (χ1n) is 6.78. The third kappa shape index (κ3) is 12.9. The van der Waals surface area contributed by atoms with Gasteiger partial charge in [-0.05, 0) is 25.7 Å². The molecule has 0 aromatic heterocycles. The van der Waals surface area contributed by atoms with E-state index >= 15 is 0 Å². The topological polar surface area (TPSA) is 26.3 Å². The molecule has 0 saturated heterocycles. The predicted molar refractivity (Wildman–Crippen MR) is 72.9 cm³/mol. The maximum Gasteiger partial charge on any atom is 0.305 e. The van der Waals surface area contributed by atoms with Gasteiger partial charge >= 0.3 is 5.97 Å². The Balaban J connectivity index is 3.24. The van der Waals surface area contributed by atoms with E-state index in [0.29, 0.717) is 13.0 Å². The number of unbranched alkanes of at least 4 members (excludes halogenated alkanes) is 4. The fourth-order valence-electron chi connectivity index (χ4n) is 1.32. The molecule has 0 fully saturated rings. The molecule has 2 nitrogen and oxygen atoms in total. The summed E-state index contributed by atoms with van der Waals surface area (Å²) in [4.78, 5) is 10.8. The van der Waals surface area contributed by atoms with Crippen molar-refractivity contribution in [2.75, 3.05) is 6.61 Å². The molecule has 2 heteroatoms. The normalized spacial score (nSPS) is 11.4. The quantitative estimate of drug-likeness (QED) is 0.320. The number of carbonyl (C=O) groups is 1. The lowest BCUT2D eigenvalue weighted by molar-refractivity contribution is -0.143. The summed E-state index contributed by atoms with van der Waals surface area (Å²) in [6.45, 7) is 4.58. The number of esters is 1. The molecule has 0 N–H and O–H groups in total. The first-order valence-corrected chi connectivity index (χ1v) is 6.78. The number of carbonyl (C=O) groups excluding carboxylic acids is 1. The lowest BCUT2D eigenvalue weighted by atomic mass is 10.2. The second-order valence-corrected chi connectivity index (χ2v) is 4.07. The van der Waals surface area contributed by atoms with Crippen molar-refractivity contribution in [3.05, 3.63) is 24.3 Å². The molecule has 0 radical (unpaired) electrons. The van der Waals surface area contributed by atoms with Crippen LogP contribution in [0.4, 0.5) is 0 Å². The van der Waals surface area contributed by atoms with Crippen LogP contribution in [0.2, 0.25) is 0 Å². The van der Waals surface area contributed by atoms with Crippen molar-refractivity contribution in [3.8, 4) is 0 Å². The first kappa shape index (κ1) is 16.0. The molecule has 0 aromatic carbocycles. The average molecular weight is 238 g/mol. The monoisotopic (exact) mass is 238 g/mol. The molecule has 0 aliphatic heterocycles. The highest BCUT2D eigenvalue weighted by Crippen LogP contribution is 1.99. The fourth-order valence-corrected chi connectivity index (χ4v) is 1.32. The van der Waals surface area contributed by atoms with Crippen molar-refractivity contribution in [1.29, 1.82) is 0 Å². The molecule has 0 amide bonds. The summed E-state index contributed by atoms with van der Waals surface area (Å²) < 4.78 is 4.99. The minimum atomic E-state index is -0.0978. The van der Waals surface area contributed by atoms with Crippen LogP contribution in [-0.2, 0) is 9.53 Å². The first-order chi connectivity index (χ1) is 8.31. The second-order valence-electron chi connectivity index (χ2n) is 4.07. The molecule has 0 aliphatic rings. The predicted octanol–water partition coefficient (Wildman–Crippen LogP) is 4.41. The minimum Gasteiger partial charge on any atom is -0.466 e. The van der Waals surface area contributed by atoms with Crippen LogP contribution in [0.5, 0.6) is 0 Å². The highest BCUT2D eigenvalue weighted by molar-refractivity contribution is 5.68. The van der Waals surface area contributed by atoms with E-state index in [9.17, 15) is 4.79 Å². The summed E-state index contributed by atoms with van der Waals surface area (Å²) >= 11 is 0. The number of ether oxygens (including phenoxy) is 1. The number of hydrogen-bond donors (Lipinski definition) is 0. The van der Waals surface area contributed by atoms with Crippen molar-refractivity contribution in [3.63, 3.8) is 0 Å². The van der Waals surface area contributed by atoms with Crippen molar-refractivity contribution in [2.45, 2.75) is 58.8 Å². The van der Waals surface area contributed by atoms with Crippen LogP contribution in [0.25, 0.3) is 0 Å². The Morgan fingerprint density at radius 1 is 1.00 bits per heavy atom. The van der Waals surface area contributed by atoms with E-state index < -0.39 is 0 Å². The van der Waals surface area contributed by atoms with Crippen LogP contribution in [0.15, 0.2) is 24.3 Å². The molecule has 17 heavy (non-hydrogen) atoms. The molecule has 0 aromatic rings. The van der Waals surface area contributed by atoms with Gasteiger partial charge in [0.05, 0.1) is 6.61 Å². The largest absolute Gasteiger partial charge is 0.466 e. The van der Waals surface area contributed by atoms with E-state index in [0.717, 1.165) is 19.3 Å². The number of rotatable bonds is 10. The van der Waals surface area contributed by atoms with E-state index in [-0.39, 0.29) is 5.97 Å². The molecular formula is C15H26O2. The molecule has 0 aliphatic carbocycles. The van der Waals surface area contributed by atoms with Gasteiger partial charge in [-0.25, -0.2) is 0 Å². The molecule has 0 rings (SSSR count). The van der Waals surface area contributed by atoms with E-state index in [2.05, 4.69) is 31.2 Å². The van der Waals surface area contributed by atoms with Crippen molar-refractivity contribution in [1.82, 2.24) is 0 Å². The Labute approximate surface area is 106 Å². The summed E-state index contributed by atoms with van der Waals surface area (Å²) in [5.41, 5.74) is 0. The van der Waals surface area contributed by atoms with Gasteiger partial charge in [0, 0.05) is 6.42 Å². The van der Waals surface area contributed by atoms with Crippen LogP contribution in [0.1, 0.15) is 58.8 Å². The zero-order chi connectivity index (χ0) is 12.8. The van der Waals surface area contributed by atoms with Gasteiger partial charge in [-0.3, -0.25) is 4.79 Å². The standard InChI is InChI=1S/C15H26O2/c1-3-5-6-7-8-9-10-11-12-13-14-17-15(16)4-2/h7-10H,3-6,11-14H2,1-2H3/b8-7+,10-9-. The summed E-state index contributed by atoms with van der Waals surface area (Å²) in [6, 6.07) is 0. The average Bonchev–Trinajstić information content (AvgIpc) is 2.35. The molecule has 0 atom stereocenters. The zero-order valence-electron chi connectivity index (χ0n) is 11.3. The lowest BCUT2D eigenvalue weighted by Gasteiger charge is -2.00. The van der Waals surface area contributed by atoms with E-state index in [1.807, 2.05) is 6.92 Å². The minimum absolute atomic E-state index is 0.0978. The fraction of sp³-hybridized carbons (Fsp3) is 0.667. The second kappa shape index (κ2) is 13.0. The Morgan fingerprint density at radius 3 is 2.24 bits per heavy atom. The van der Waals surface area contributed by atoms with Gasteiger partial charge in [0.2, 0.25) is 0 Å². The van der Waals surface area contributed by atoms with Crippen LogP contribution in [0.3, 0.4) is 0 Å². The molecular weight excluding hydrogens is 212 g/mol. The Hall–Kier alpha value is -1.05. The third-order valence-electron chi connectivity index (χ3n) is 2.42. The van der Waals surface area contributed by atoms with Crippen LogP contribution < -0.4 is 0 Å². The van der Waals surface area contributed by atoms with Gasteiger partial charge in [-0.15, -0.1) is 0 Å². The molecule has 0 spiro atoms. The molecule has 0 bridgehead atoms. The zero-order valence-corrected chi connectivity index (χ0v) is 11.3. The Morgan fingerprint density at radius 2 is 1.65 bits per heavy atom. The third-order valence-corrected chi connectivity index (χ3v) is 2.42. The van der Waals surface area contributed by atoms with Gasteiger partial charge in [0.25, 0.3) is 0 Å². The summed E-state index contributed by atoms with van der Waals surface area (Å²) in [5, 5.41) is 0. The maximum absolute atomic E-state index is 10.8. The molecule has 0 unspecified atom stereocenters. The maximum atomic E-state index is 10.8. The van der Waals surface area contributed by atoms with E-state index in [1.165, 1.54) is 19.3 Å². The highest BCUT2D eigenvalue weighted by atomic mass is 16.5. The van der Waals surface area contributed by atoms with E-state index in [4.69, 9.17) is 4.74 Å². The van der Waals surface area contributed by atoms with Gasteiger partial charge in [0.1, 0.15) is 0 Å². The van der Waals surface area contributed by atoms with Crippen molar-refractivity contribution < 1.29 is 9.53 Å².